The first-order valence-corrected chi connectivity index (χ1v) is 42.7. The average Bonchev–Trinajstić information content (AvgIpc) is 1.53. The second kappa shape index (κ2) is 28.1. The summed E-state index contributed by atoms with van der Waals surface area (Å²) >= 11 is 1.74. The molecule has 25 aromatic rings. The van der Waals surface area contributed by atoms with Crippen LogP contribution < -0.4 is 20.7 Å². The second-order valence-corrected chi connectivity index (χ2v) is 34.9. The number of fused-ring (bicyclic) bond motifs is 26. The van der Waals surface area contributed by atoms with E-state index in [1.54, 1.807) is 11.3 Å². The van der Waals surface area contributed by atoms with E-state index in [0.29, 0.717) is 5.89 Å². The Labute approximate surface area is 682 Å². The van der Waals surface area contributed by atoms with Crippen LogP contribution in [0.2, 0.25) is 0 Å². The van der Waals surface area contributed by atoms with Crippen LogP contribution in [0.4, 0.5) is 0 Å². The second-order valence-electron chi connectivity index (χ2n) is 30.0. The van der Waals surface area contributed by atoms with Gasteiger partial charge in [0.1, 0.15) is 10.5 Å². The molecule has 0 aliphatic carbocycles. The number of para-hydroxylation sites is 6. The van der Waals surface area contributed by atoms with E-state index in [1.165, 1.54) is 123 Å². The van der Waals surface area contributed by atoms with Crippen molar-refractivity contribution >= 4 is 192 Å². The summed E-state index contributed by atoms with van der Waals surface area (Å²) in [5.74, 6) is 0.630. The van der Waals surface area contributed by atoms with Crippen LogP contribution in [0.1, 0.15) is 0 Å². The summed E-state index contributed by atoms with van der Waals surface area (Å²) in [6.07, 6.45) is 5.68. The van der Waals surface area contributed by atoms with Gasteiger partial charge in [0.15, 0.2) is 13.7 Å². The SMILES string of the molecule is c1ccc([Si](c2ccccc2)(c2ccccc2)c2cccc(-n3c4ccccc4c4c5ccccc5c5ncccc5c43)c2)cc1.c1ccc2oc(-c3ccc(-n4c5ccccc5c5c6ccccc6c6ncccc6c54)cc3)nc2c1.c1ccc2sc(-c3ccc(-n4c5ccccc5c5c6ccccc6c6ncccc6c54)cc3)nc2c1. The number of hydrogen-bond donors (Lipinski definition) is 0. The first-order chi connectivity index (χ1) is 58.6. The topological polar surface area (TPSA) is 92.4 Å². The van der Waals surface area contributed by atoms with E-state index in [2.05, 4.69) is 371 Å². The van der Waals surface area contributed by atoms with Crippen LogP contribution >= 0.6 is 11.3 Å². The van der Waals surface area contributed by atoms with Crippen molar-refractivity contribution in [3.8, 4) is 39.1 Å². The molecule has 0 atom stereocenters. The summed E-state index contributed by atoms with van der Waals surface area (Å²) in [6, 6.07) is 141. The lowest BCUT2D eigenvalue weighted by atomic mass is 10.00. The molecular weight excluding hydrogens is 1470 g/mol. The van der Waals surface area contributed by atoms with Crippen molar-refractivity contribution in [3.63, 3.8) is 0 Å². The van der Waals surface area contributed by atoms with Crippen molar-refractivity contribution in [3.05, 3.63) is 413 Å². The number of pyridine rings is 3. The van der Waals surface area contributed by atoms with Crippen LogP contribution in [-0.2, 0) is 0 Å². The molecule has 0 amide bonds. The van der Waals surface area contributed by atoms with Crippen LogP contribution in [0.15, 0.2) is 417 Å². The molecule has 17 aromatic carbocycles. The molecule has 0 saturated carbocycles. The Hall–Kier alpha value is -15.3. The van der Waals surface area contributed by atoms with Gasteiger partial charge in [-0.05, 0) is 176 Å². The molecule has 0 aliphatic rings. The molecule has 8 heterocycles. The smallest absolute Gasteiger partial charge is 0.227 e. The number of benzene rings is 17. The van der Waals surface area contributed by atoms with Gasteiger partial charge in [0.25, 0.3) is 0 Å². The Kier molecular flexibility index (Phi) is 16.3. The number of hydrogen-bond acceptors (Lipinski definition) is 7. The van der Waals surface area contributed by atoms with E-state index in [1.807, 2.05) is 61.1 Å². The summed E-state index contributed by atoms with van der Waals surface area (Å²) in [5, 5.41) is 24.8. The third-order valence-electron chi connectivity index (χ3n) is 23.7. The molecule has 118 heavy (non-hydrogen) atoms. The summed E-state index contributed by atoms with van der Waals surface area (Å²) < 4.78 is 14.4. The summed E-state index contributed by atoms with van der Waals surface area (Å²) in [6.45, 7) is 0. The monoisotopic (exact) mass is 1540 g/mol. The lowest BCUT2D eigenvalue weighted by Crippen LogP contribution is -2.74. The maximum absolute atomic E-state index is 6.00. The largest absolute Gasteiger partial charge is 0.436 e. The maximum Gasteiger partial charge on any atom is 0.227 e. The van der Waals surface area contributed by atoms with Crippen molar-refractivity contribution < 1.29 is 4.42 Å². The van der Waals surface area contributed by atoms with E-state index >= 15 is 0 Å². The lowest BCUT2D eigenvalue weighted by Gasteiger charge is -2.34. The molecule has 0 bridgehead atoms. The van der Waals surface area contributed by atoms with Crippen molar-refractivity contribution in [2.75, 3.05) is 0 Å². The predicted octanol–water partition coefficient (Wildman–Crippen LogP) is 24.9. The highest BCUT2D eigenvalue weighted by Gasteiger charge is 2.42. The van der Waals surface area contributed by atoms with Crippen LogP contribution in [0.25, 0.3) is 191 Å². The van der Waals surface area contributed by atoms with E-state index in [4.69, 9.17) is 24.4 Å². The molecule has 11 heteroatoms. The molecule has 0 fully saturated rings. The Balaban J connectivity index is 0.000000105. The molecule has 8 aromatic heterocycles. The standard InChI is InChI=1S/C43H30N2Si.C32H19N3O.C32H19N3S/c1-4-17-32(18-5-1)46(33-19-6-2-7-20-33,34-21-8-3-9-22-34)35-23-14-16-31(30-35)45-40-28-13-12-26-38(40)41-36-24-10-11-25-37(36)42-39(43(41)45)27-15-29-44-42;2*1-2-9-23-22(8-1)29-24-10-3-5-13-27(24)35(31(29)25-11-7-19-33-30(23)25)21-17-15-20(16-18-21)32-34-26-12-4-6-14-28(26)36-32/h1-30H;2*1-19H. The lowest BCUT2D eigenvalue weighted by molar-refractivity contribution is 0.620. The van der Waals surface area contributed by atoms with Crippen molar-refractivity contribution in [2.24, 2.45) is 0 Å². The molecule has 0 radical (unpaired) electrons. The van der Waals surface area contributed by atoms with Gasteiger partial charge < -0.3 is 18.1 Å². The number of thiazole rings is 1. The van der Waals surface area contributed by atoms with Crippen LogP contribution in [0.5, 0.6) is 0 Å². The molecule has 0 aliphatic heterocycles. The zero-order chi connectivity index (χ0) is 77.8. The molecule has 9 nitrogen and oxygen atoms in total. The van der Waals surface area contributed by atoms with Gasteiger partial charge >= 0.3 is 0 Å². The van der Waals surface area contributed by atoms with E-state index < -0.39 is 8.07 Å². The quantitative estimate of drug-likeness (QED) is 0.0812. The highest BCUT2D eigenvalue weighted by Crippen LogP contribution is 2.46. The average molecular weight is 1540 g/mol. The first kappa shape index (κ1) is 68.3. The first-order valence-electron chi connectivity index (χ1n) is 39.8. The summed E-state index contributed by atoms with van der Waals surface area (Å²) in [5.41, 5.74) is 18.4. The molecule has 552 valence electrons. The van der Waals surface area contributed by atoms with Gasteiger partial charge in [0.2, 0.25) is 5.89 Å². The van der Waals surface area contributed by atoms with Gasteiger partial charge in [0, 0.05) is 111 Å². The molecule has 0 spiro atoms. The van der Waals surface area contributed by atoms with Gasteiger partial charge in [-0.1, -0.05) is 255 Å². The van der Waals surface area contributed by atoms with Crippen LogP contribution in [-0.4, -0.2) is 46.7 Å². The Morgan fingerprint density at radius 1 is 0.254 bits per heavy atom. The zero-order valence-electron chi connectivity index (χ0n) is 63.7. The number of rotatable bonds is 9. The molecule has 0 saturated heterocycles. The third kappa shape index (κ3) is 10.9. The van der Waals surface area contributed by atoms with Crippen molar-refractivity contribution in [2.45, 2.75) is 0 Å². The third-order valence-corrected chi connectivity index (χ3v) is 29.5. The normalized spacial score (nSPS) is 11.9. The minimum absolute atomic E-state index is 0.630. The Morgan fingerprint density at radius 3 is 1.05 bits per heavy atom. The minimum atomic E-state index is -2.70. The molecular formula is C107H68N8OSSi. The molecule has 0 N–H and O–H groups in total. The van der Waals surface area contributed by atoms with E-state index in [0.717, 1.165) is 82.5 Å². The fourth-order valence-electron chi connectivity index (χ4n) is 18.7. The van der Waals surface area contributed by atoms with Crippen molar-refractivity contribution in [1.82, 2.24) is 38.6 Å². The predicted molar refractivity (Wildman–Crippen MR) is 496 cm³/mol. The Bertz CT molecular complexity index is 7790. The fourth-order valence-corrected chi connectivity index (χ4v) is 24.5. The maximum atomic E-state index is 6.00. The van der Waals surface area contributed by atoms with Crippen LogP contribution in [0, 0.1) is 0 Å². The highest BCUT2D eigenvalue weighted by atomic mass is 32.1. The number of nitrogens with zero attached hydrogens (tertiary/aromatic N) is 8. The fraction of sp³-hybridized carbons (Fsp3) is 0. The highest BCUT2D eigenvalue weighted by molar-refractivity contribution is 7.21. The molecule has 25 rings (SSSR count). The zero-order valence-corrected chi connectivity index (χ0v) is 65.5. The van der Waals surface area contributed by atoms with Crippen LogP contribution in [0.3, 0.4) is 0 Å². The summed E-state index contributed by atoms with van der Waals surface area (Å²) in [7, 11) is -2.70. The van der Waals surface area contributed by atoms with Gasteiger partial charge in [0.05, 0.1) is 59.9 Å². The van der Waals surface area contributed by atoms with Gasteiger partial charge in [-0.3, -0.25) is 15.0 Å². The summed E-state index contributed by atoms with van der Waals surface area (Å²) in [4.78, 5) is 24.1. The van der Waals surface area contributed by atoms with E-state index in [9.17, 15) is 0 Å². The molecule has 0 unspecified atom stereocenters. The Morgan fingerprint density at radius 2 is 0.610 bits per heavy atom. The van der Waals surface area contributed by atoms with Gasteiger partial charge in [-0.15, -0.1) is 11.3 Å². The van der Waals surface area contributed by atoms with E-state index in [-0.39, 0.29) is 0 Å². The van der Waals surface area contributed by atoms with Crippen molar-refractivity contribution in [1.29, 1.82) is 0 Å². The van der Waals surface area contributed by atoms with Gasteiger partial charge in [-0.2, -0.15) is 0 Å². The number of aromatic nitrogens is 8. The minimum Gasteiger partial charge on any atom is -0.436 e. The van der Waals surface area contributed by atoms with Gasteiger partial charge in [-0.25, -0.2) is 9.97 Å². The number of oxazole rings is 1.